The van der Waals surface area contributed by atoms with Gasteiger partial charge in [-0.1, -0.05) is 89.4 Å². The summed E-state index contributed by atoms with van der Waals surface area (Å²) in [5.41, 5.74) is 7.60. The SMILES string of the molecule is C#Cc1ccc(-c2ccc(CC)cc2)cc1CCCCNC.C=C(CC)CCCC.CC. The molecule has 176 valence electrons. The van der Waals surface area contributed by atoms with Crippen molar-refractivity contribution in [2.75, 3.05) is 13.6 Å². The average molecular weight is 434 g/mol. The van der Waals surface area contributed by atoms with Crippen LogP contribution in [0.25, 0.3) is 11.1 Å². The number of terminal acetylenes is 1. The van der Waals surface area contributed by atoms with Gasteiger partial charge in [0.15, 0.2) is 0 Å². The van der Waals surface area contributed by atoms with E-state index in [0.29, 0.717) is 0 Å². The van der Waals surface area contributed by atoms with Crippen LogP contribution in [0, 0.1) is 12.3 Å². The van der Waals surface area contributed by atoms with Crippen LogP contribution in [0.3, 0.4) is 0 Å². The number of aryl methyl sites for hydroxylation is 2. The molecule has 0 heterocycles. The Hall–Kier alpha value is -2.30. The molecular formula is C31H47N. The zero-order valence-electron chi connectivity index (χ0n) is 21.7. The Balaban J connectivity index is 0.000000814. The normalized spacial score (nSPS) is 9.66. The summed E-state index contributed by atoms with van der Waals surface area (Å²) in [6.45, 7) is 15.5. The molecule has 2 aromatic carbocycles. The Bertz CT molecular complexity index is 777. The fourth-order valence-corrected chi connectivity index (χ4v) is 3.27. The van der Waals surface area contributed by atoms with Crippen molar-refractivity contribution in [3.8, 4) is 23.5 Å². The fraction of sp³-hybridized carbons (Fsp3) is 0.484. The summed E-state index contributed by atoms with van der Waals surface area (Å²) in [7, 11) is 1.99. The van der Waals surface area contributed by atoms with Gasteiger partial charge in [0.2, 0.25) is 0 Å². The zero-order valence-corrected chi connectivity index (χ0v) is 21.7. The second kappa shape index (κ2) is 19.4. The van der Waals surface area contributed by atoms with Crippen molar-refractivity contribution >= 4 is 0 Å². The van der Waals surface area contributed by atoms with Gasteiger partial charge in [0.1, 0.15) is 0 Å². The van der Waals surface area contributed by atoms with Crippen LogP contribution in [-0.4, -0.2) is 13.6 Å². The molecule has 0 saturated carbocycles. The van der Waals surface area contributed by atoms with Crippen molar-refractivity contribution < 1.29 is 0 Å². The van der Waals surface area contributed by atoms with Crippen LogP contribution >= 0.6 is 0 Å². The third-order valence-electron chi connectivity index (χ3n) is 5.46. The molecule has 0 radical (unpaired) electrons. The van der Waals surface area contributed by atoms with Crippen LogP contribution < -0.4 is 5.32 Å². The number of rotatable bonds is 11. The molecule has 0 unspecified atom stereocenters. The molecule has 0 saturated heterocycles. The topological polar surface area (TPSA) is 12.0 Å². The van der Waals surface area contributed by atoms with Crippen molar-refractivity contribution in [3.63, 3.8) is 0 Å². The molecule has 0 aliphatic rings. The standard InChI is InChI=1S/C21H25N.C8H16.C2H6/c1-4-17-9-11-19(12-10-17)21-14-13-18(5-2)20(16-21)8-6-7-15-22-3;1-4-6-7-8(3)5-2;1-2/h2,9-14,16,22H,4,6-8,15H2,1,3H3;3-7H2,1-2H3;1-2H3. The molecule has 0 aliphatic carbocycles. The van der Waals surface area contributed by atoms with Crippen LogP contribution in [0.1, 0.15) is 89.8 Å². The van der Waals surface area contributed by atoms with Gasteiger partial charge in [0, 0.05) is 5.56 Å². The lowest BCUT2D eigenvalue weighted by molar-refractivity contribution is 0.677. The minimum Gasteiger partial charge on any atom is -0.320 e. The van der Waals surface area contributed by atoms with E-state index in [1.54, 1.807) is 0 Å². The zero-order chi connectivity index (χ0) is 24.2. The predicted molar refractivity (Wildman–Crippen MR) is 146 cm³/mol. The van der Waals surface area contributed by atoms with Gasteiger partial charge in [0.05, 0.1) is 0 Å². The van der Waals surface area contributed by atoms with Crippen LogP contribution in [0.4, 0.5) is 0 Å². The summed E-state index contributed by atoms with van der Waals surface area (Å²) in [5, 5.41) is 3.19. The molecule has 32 heavy (non-hydrogen) atoms. The molecule has 1 heteroatoms. The summed E-state index contributed by atoms with van der Waals surface area (Å²) < 4.78 is 0. The highest BCUT2D eigenvalue weighted by Gasteiger charge is 2.05. The summed E-state index contributed by atoms with van der Waals surface area (Å²) in [6, 6.07) is 15.3. The highest BCUT2D eigenvalue weighted by atomic mass is 14.8. The van der Waals surface area contributed by atoms with E-state index in [9.17, 15) is 0 Å². The molecule has 2 rings (SSSR count). The number of allylic oxidation sites excluding steroid dienone is 1. The Labute approximate surface area is 199 Å². The Morgan fingerprint density at radius 3 is 2.12 bits per heavy atom. The molecule has 1 nitrogen and oxygen atoms in total. The first-order chi connectivity index (χ1) is 15.6. The maximum Gasteiger partial charge on any atom is 0.0275 e. The summed E-state index contributed by atoms with van der Waals surface area (Å²) in [6.07, 6.45) is 15.1. The summed E-state index contributed by atoms with van der Waals surface area (Å²) in [5.74, 6) is 2.82. The van der Waals surface area contributed by atoms with Crippen LogP contribution in [0.5, 0.6) is 0 Å². The van der Waals surface area contributed by atoms with Gasteiger partial charge in [-0.15, -0.1) is 6.42 Å². The van der Waals surface area contributed by atoms with Gasteiger partial charge in [0.25, 0.3) is 0 Å². The number of hydrogen-bond acceptors (Lipinski definition) is 1. The van der Waals surface area contributed by atoms with Crippen molar-refractivity contribution in [1.29, 1.82) is 0 Å². The van der Waals surface area contributed by atoms with Crippen molar-refractivity contribution in [2.24, 2.45) is 0 Å². The number of unbranched alkanes of at least 4 members (excludes halogenated alkanes) is 2. The second-order valence-corrected chi connectivity index (χ2v) is 7.83. The maximum atomic E-state index is 5.65. The van der Waals surface area contributed by atoms with E-state index in [4.69, 9.17) is 6.42 Å². The maximum absolute atomic E-state index is 5.65. The number of nitrogens with one attached hydrogen (secondary N) is 1. The Morgan fingerprint density at radius 2 is 1.59 bits per heavy atom. The quantitative estimate of drug-likeness (QED) is 0.212. The number of benzene rings is 2. The smallest absolute Gasteiger partial charge is 0.0275 e. The molecule has 0 spiro atoms. The Morgan fingerprint density at radius 1 is 0.938 bits per heavy atom. The van der Waals surface area contributed by atoms with Crippen LogP contribution in [-0.2, 0) is 12.8 Å². The van der Waals surface area contributed by atoms with E-state index in [-0.39, 0.29) is 0 Å². The van der Waals surface area contributed by atoms with E-state index < -0.39 is 0 Å². The molecule has 0 aliphatic heterocycles. The predicted octanol–water partition coefficient (Wildman–Crippen LogP) is 8.61. The lowest BCUT2D eigenvalue weighted by Gasteiger charge is -2.09. The monoisotopic (exact) mass is 433 g/mol. The van der Waals surface area contributed by atoms with Gasteiger partial charge in [-0.2, -0.15) is 0 Å². The van der Waals surface area contributed by atoms with Gasteiger partial charge < -0.3 is 5.32 Å². The first-order valence-corrected chi connectivity index (χ1v) is 12.6. The van der Waals surface area contributed by atoms with E-state index in [2.05, 4.69) is 81.1 Å². The largest absolute Gasteiger partial charge is 0.320 e. The highest BCUT2D eigenvalue weighted by Crippen LogP contribution is 2.24. The van der Waals surface area contributed by atoms with Gasteiger partial charge in [-0.3, -0.25) is 0 Å². The fourth-order valence-electron chi connectivity index (χ4n) is 3.27. The average Bonchev–Trinajstić information content (AvgIpc) is 2.86. The van der Waals surface area contributed by atoms with Crippen molar-refractivity contribution in [2.45, 2.75) is 86.0 Å². The molecule has 0 atom stereocenters. The summed E-state index contributed by atoms with van der Waals surface area (Å²) in [4.78, 5) is 0. The lowest BCUT2D eigenvalue weighted by Crippen LogP contribution is -2.07. The molecule has 0 bridgehead atoms. The lowest BCUT2D eigenvalue weighted by atomic mass is 9.95. The van der Waals surface area contributed by atoms with E-state index in [1.165, 1.54) is 53.5 Å². The van der Waals surface area contributed by atoms with Crippen molar-refractivity contribution in [3.05, 3.63) is 71.3 Å². The Kier molecular flexibility index (Phi) is 18.0. The van der Waals surface area contributed by atoms with Crippen LogP contribution in [0.15, 0.2) is 54.6 Å². The summed E-state index contributed by atoms with van der Waals surface area (Å²) >= 11 is 0. The van der Waals surface area contributed by atoms with Crippen molar-refractivity contribution in [1.82, 2.24) is 5.32 Å². The molecule has 0 aromatic heterocycles. The molecule has 1 N–H and O–H groups in total. The van der Waals surface area contributed by atoms with Gasteiger partial charge >= 0.3 is 0 Å². The molecule has 2 aromatic rings. The highest BCUT2D eigenvalue weighted by molar-refractivity contribution is 5.66. The number of hydrogen-bond donors (Lipinski definition) is 1. The first-order valence-electron chi connectivity index (χ1n) is 12.6. The third-order valence-corrected chi connectivity index (χ3v) is 5.46. The van der Waals surface area contributed by atoms with E-state index in [0.717, 1.165) is 37.8 Å². The second-order valence-electron chi connectivity index (χ2n) is 7.83. The van der Waals surface area contributed by atoms with E-state index in [1.807, 2.05) is 20.9 Å². The van der Waals surface area contributed by atoms with E-state index >= 15 is 0 Å². The van der Waals surface area contributed by atoms with Crippen LogP contribution in [0.2, 0.25) is 0 Å². The third kappa shape index (κ3) is 11.9. The molecule has 0 amide bonds. The van der Waals surface area contributed by atoms with Gasteiger partial charge in [-0.05, 0) is 92.9 Å². The molecular weight excluding hydrogens is 386 g/mol. The minimum atomic E-state index is 1.03. The molecule has 0 fully saturated rings. The minimum absolute atomic E-state index is 1.03. The first kappa shape index (κ1) is 29.7. The van der Waals surface area contributed by atoms with Gasteiger partial charge in [-0.25, -0.2) is 0 Å².